The number of carbonyl (C=O) groups is 1. The van der Waals surface area contributed by atoms with E-state index in [1.54, 1.807) is 29.4 Å². The number of amides is 1. The zero-order valence-corrected chi connectivity index (χ0v) is 15.5. The highest BCUT2D eigenvalue weighted by Crippen LogP contribution is 2.26. The van der Waals surface area contributed by atoms with Crippen molar-refractivity contribution in [1.82, 2.24) is 14.9 Å². The Morgan fingerprint density at radius 3 is 2.65 bits per heavy atom. The van der Waals surface area contributed by atoms with Crippen LogP contribution in [0.1, 0.15) is 10.4 Å². The topological polar surface area (TPSA) is 49.3 Å². The predicted molar refractivity (Wildman–Crippen MR) is 102 cm³/mol. The van der Waals surface area contributed by atoms with Gasteiger partial charge in [0.05, 0.1) is 11.2 Å². The van der Waals surface area contributed by atoms with E-state index in [1.165, 1.54) is 12.1 Å². The molecular weight excluding hydrogens is 399 g/mol. The lowest BCUT2D eigenvalue weighted by molar-refractivity contribution is 0.0746. The third-order valence-electron chi connectivity index (χ3n) is 4.50. The molecule has 26 heavy (non-hydrogen) atoms. The summed E-state index contributed by atoms with van der Waals surface area (Å²) in [4.78, 5) is 25.4. The van der Waals surface area contributed by atoms with E-state index >= 15 is 0 Å². The number of halogens is 2. The van der Waals surface area contributed by atoms with Crippen molar-refractivity contribution in [3.63, 3.8) is 0 Å². The quantitative estimate of drug-likeness (QED) is 0.643. The highest BCUT2D eigenvalue weighted by molar-refractivity contribution is 9.10. The molecule has 0 saturated carbocycles. The van der Waals surface area contributed by atoms with Crippen LogP contribution in [-0.4, -0.2) is 47.0 Å². The molecule has 2 aromatic heterocycles. The molecule has 0 atom stereocenters. The second-order valence-corrected chi connectivity index (χ2v) is 7.06. The highest BCUT2D eigenvalue weighted by atomic mass is 79.9. The van der Waals surface area contributed by atoms with Gasteiger partial charge in [-0.1, -0.05) is 6.07 Å². The maximum atomic E-state index is 13.4. The molecule has 3 heterocycles. The van der Waals surface area contributed by atoms with E-state index in [2.05, 4.69) is 30.8 Å². The van der Waals surface area contributed by atoms with Crippen molar-refractivity contribution in [3.8, 4) is 0 Å². The third-order valence-corrected chi connectivity index (χ3v) is 4.94. The van der Waals surface area contributed by atoms with Crippen molar-refractivity contribution >= 4 is 38.6 Å². The van der Waals surface area contributed by atoms with Gasteiger partial charge in [-0.15, -0.1) is 0 Å². The van der Waals surface area contributed by atoms with Crippen LogP contribution in [0, 0.1) is 5.82 Å². The van der Waals surface area contributed by atoms with Crippen LogP contribution in [0.3, 0.4) is 0 Å². The number of rotatable bonds is 2. The SMILES string of the molecule is O=C(c1cccc(F)c1)N1CCN(c2ccnc3cc(Br)cnc23)CC1. The molecule has 7 heteroatoms. The first-order chi connectivity index (χ1) is 12.6. The lowest BCUT2D eigenvalue weighted by Crippen LogP contribution is -2.48. The first-order valence-electron chi connectivity index (χ1n) is 8.32. The second-order valence-electron chi connectivity index (χ2n) is 6.14. The number of anilines is 1. The van der Waals surface area contributed by atoms with Gasteiger partial charge in [0.2, 0.25) is 0 Å². The zero-order valence-electron chi connectivity index (χ0n) is 13.9. The van der Waals surface area contributed by atoms with E-state index in [1.807, 2.05) is 12.1 Å². The Bertz CT molecular complexity index is 973. The molecule has 1 saturated heterocycles. The summed E-state index contributed by atoms with van der Waals surface area (Å²) in [6, 6.07) is 9.73. The molecule has 1 amide bonds. The molecule has 0 unspecified atom stereocenters. The Hall–Kier alpha value is -2.54. The summed E-state index contributed by atoms with van der Waals surface area (Å²) in [6.07, 6.45) is 3.54. The van der Waals surface area contributed by atoms with Gasteiger partial charge in [-0.3, -0.25) is 14.8 Å². The molecule has 1 aromatic carbocycles. The molecule has 0 spiro atoms. The van der Waals surface area contributed by atoms with Gasteiger partial charge in [-0.2, -0.15) is 0 Å². The smallest absolute Gasteiger partial charge is 0.254 e. The van der Waals surface area contributed by atoms with Crippen LogP contribution in [-0.2, 0) is 0 Å². The van der Waals surface area contributed by atoms with Crippen LogP contribution < -0.4 is 4.90 Å². The molecule has 0 radical (unpaired) electrons. The Balaban J connectivity index is 1.51. The van der Waals surface area contributed by atoms with Gasteiger partial charge in [0, 0.05) is 48.6 Å². The van der Waals surface area contributed by atoms with Crippen LogP contribution in [0.5, 0.6) is 0 Å². The fourth-order valence-corrected chi connectivity index (χ4v) is 3.52. The molecule has 132 valence electrons. The molecule has 0 N–H and O–H groups in total. The fourth-order valence-electron chi connectivity index (χ4n) is 3.20. The summed E-state index contributed by atoms with van der Waals surface area (Å²) < 4.78 is 14.2. The normalized spacial score (nSPS) is 14.7. The number of fused-ring (bicyclic) bond motifs is 1. The molecule has 0 bridgehead atoms. The third kappa shape index (κ3) is 3.26. The summed E-state index contributed by atoms with van der Waals surface area (Å²) in [5, 5.41) is 0. The van der Waals surface area contributed by atoms with Gasteiger partial charge in [0.25, 0.3) is 5.91 Å². The second kappa shape index (κ2) is 6.99. The molecule has 1 aliphatic heterocycles. The van der Waals surface area contributed by atoms with E-state index in [-0.39, 0.29) is 5.91 Å². The van der Waals surface area contributed by atoms with Crippen molar-refractivity contribution in [3.05, 3.63) is 64.6 Å². The number of benzene rings is 1. The Morgan fingerprint density at radius 2 is 1.88 bits per heavy atom. The van der Waals surface area contributed by atoms with E-state index in [0.717, 1.165) is 21.2 Å². The number of nitrogens with zero attached hydrogens (tertiary/aromatic N) is 4. The van der Waals surface area contributed by atoms with Crippen LogP contribution in [0.15, 0.2) is 53.3 Å². The number of piperazine rings is 1. The van der Waals surface area contributed by atoms with Gasteiger partial charge >= 0.3 is 0 Å². The average Bonchev–Trinajstić information content (AvgIpc) is 2.67. The van der Waals surface area contributed by atoms with Crippen LogP contribution >= 0.6 is 15.9 Å². The van der Waals surface area contributed by atoms with Gasteiger partial charge in [-0.05, 0) is 46.3 Å². The minimum Gasteiger partial charge on any atom is -0.366 e. The number of pyridine rings is 2. The number of aromatic nitrogens is 2. The van der Waals surface area contributed by atoms with Crippen LogP contribution in [0.4, 0.5) is 10.1 Å². The van der Waals surface area contributed by atoms with Crippen molar-refractivity contribution in [2.24, 2.45) is 0 Å². The molecule has 3 aromatic rings. The minimum absolute atomic E-state index is 0.134. The average molecular weight is 415 g/mol. The minimum atomic E-state index is -0.394. The first-order valence-corrected chi connectivity index (χ1v) is 9.11. The summed E-state index contributed by atoms with van der Waals surface area (Å²) in [6.45, 7) is 2.54. The lowest BCUT2D eigenvalue weighted by Gasteiger charge is -2.36. The van der Waals surface area contributed by atoms with Gasteiger partial charge < -0.3 is 9.80 Å². The Labute approximate surface area is 158 Å². The monoisotopic (exact) mass is 414 g/mol. The van der Waals surface area contributed by atoms with Gasteiger partial charge in [0.15, 0.2) is 0 Å². The predicted octanol–water partition coefficient (Wildman–Crippen LogP) is 3.49. The summed E-state index contributed by atoms with van der Waals surface area (Å²) in [7, 11) is 0. The molecular formula is C19H16BrFN4O. The molecule has 1 aliphatic rings. The van der Waals surface area contributed by atoms with Crippen molar-refractivity contribution in [2.75, 3.05) is 31.1 Å². The maximum Gasteiger partial charge on any atom is 0.254 e. The van der Waals surface area contributed by atoms with Gasteiger partial charge in [-0.25, -0.2) is 4.39 Å². The molecule has 1 fully saturated rings. The number of hydrogen-bond acceptors (Lipinski definition) is 4. The largest absolute Gasteiger partial charge is 0.366 e. The maximum absolute atomic E-state index is 13.4. The Morgan fingerprint density at radius 1 is 1.08 bits per heavy atom. The number of hydrogen-bond donors (Lipinski definition) is 0. The van der Waals surface area contributed by atoms with E-state index in [4.69, 9.17) is 0 Å². The fraction of sp³-hybridized carbons (Fsp3) is 0.211. The van der Waals surface area contributed by atoms with Crippen molar-refractivity contribution < 1.29 is 9.18 Å². The molecule has 0 aliphatic carbocycles. The standard InChI is InChI=1S/C19H16BrFN4O/c20-14-11-16-18(23-12-14)17(4-5-22-16)24-6-8-25(9-7-24)19(26)13-2-1-3-15(21)10-13/h1-5,10-12H,6-9H2. The lowest BCUT2D eigenvalue weighted by atomic mass is 10.1. The first kappa shape index (κ1) is 16.9. The summed E-state index contributed by atoms with van der Waals surface area (Å²) in [5.41, 5.74) is 3.08. The summed E-state index contributed by atoms with van der Waals surface area (Å²) >= 11 is 3.42. The van der Waals surface area contributed by atoms with Gasteiger partial charge in [0.1, 0.15) is 11.3 Å². The van der Waals surface area contributed by atoms with E-state index in [9.17, 15) is 9.18 Å². The molecule has 4 rings (SSSR count). The van der Waals surface area contributed by atoms with Crippen molar-refractivity contribution in [2.45, 2.75) is 0 Å². The highest BCUT2D eigenvalue weighted by Gasteiger charge is 2.23. The van der Waals surface area contributed by atoms with E-state index in [0.29, 0.717) is 31.7 Å². The summed E-state index contributed by atoms with van der Waals surface area (Å²) in [5.74, 6) is -0.527. The van der Waals surface area contributed by atoms with E-state index < -0.39 is 5.82 Å². The van der Waals surface area contributed by atoms with Crippen molar-refractivity contribution in [1.29, 1.82) is 0 Å². The number of carbonyl (C=O) groups excluding carboxylic acids is 1. The van der Waals surface area contributed by atoms with Crippen LogP contribution in [0.25, 0.3) is 11.0 Å². The Kier molecular flexibility index (Phi) is 4.55. The van der Waals surface area contributed by atoms with Crippen LogP contribution in [0.2, 0.25) is 0 Å². The molecule has 5 nitrogen and oxygen atoms in total. The zero-order chi connectivity index (χ0) is 18.1.